The average molecular weight is 218 g/mol. The highest BCUT2D eigenvalue weighted by Gasteiger charge is 2.13. The van der Waals surface area contributed by atoms with E-state index < -0.39 is 0 Å². The zero-order valence-electron chi connectivity index (χ0n) is 9.66. The summed E-state index contributed by atoms with van der Waals surface area (Å²) in [6, 6.07) is 4.24. The van der Waals surface area contributed by atoms with Crippen molar-refractivity contribution in [1.82, 2.24) is 4.98 Å². The molecule has 0 fully saturated rings. The van der Waals surface area contributed by atoms with Crippen molar-refractivity contribution in [2.45, 2.75) is 25.7 Å². The minimum atomic E-state index is 0.230. The highest BCUT2D eigenvalue weighted by molar-refractivity contribution is 5.77. The topological polar surface area (TPSA) is 66.0 Å². The molecule has 0 unspecified atom stereocenters. The molecule has 0 spiro atoms. The minimum absolute atomic E-state index is 0.230. The highest BCUT2D eigenvalue weighted by atomic mass is 15.2. The van der Waals surface area contributed by atoms with Crippen LogP contribution in [0.2, 0.25) is 0 Å². The van der Waals surface area contributed by atoms with Crippen LogP contribution in [0.25, 0.3) is 0 Å². The van der Waals surface area contributed by atoms with Crippen LogP contribution in [0.15, 0.2) is 12.1 Å². The smallest absolute Gasteiger partial charge is 0.128 e. The van der Waals surface area contributed by atoms with Gasteiger partial charge in [0.15, 0.2) is 0 Å². The summed E-state index contributed by atoms with van der Waals surface area (Å²) in [5, 5.41) is 7.20. The second-order valence-electron chi connectivity index (χ2n) is 4.33. The number of hydrogen-bond donors (Lipinski definition) is 2. The van der Waals surface area contributed by atoms with Crippen LogP contribution < -0.4 is 10.6 Å². The van der Waals surface area contributed by atoms with Crippen LogP contribution in [0.5, 0.6) is 0 Å². The summed E-state index contributed by atoms with van der Waals surface area (Å²) >= 11 is 0. The van der Waals surface area contributed by atoms with Crippen LogP contribution in [0.3, 0.4) is 0 Å². The second kappa shape index (κ2) is 4.51. The van der Waals surface area contributed by atoms with Crippen molar-refractivity contribution < 1.29 is 0 Å². The summed E-state index contributed by atoms with van der Waals surface area (Å²) in [6.45, 7) is 0.751. The Balaban J connectivity index is 2.06. The number of anilines is 1. The Labute approximate surface area is 96.0 Å². The number of nitrogens with zero attached hydrogens (tertiary/aromatic N) is 2. The lowest BCUT2D eigenvalue weighted by Crippen LogP contribution is -2.24. The lowest BCUT2D eigenvalue weighted by atomic mass is 10.2. The van der Waals surface area contributed by atoms with E-state index in [1.807, 2.05) is 7.05 Å². The molecule has 1 aromatic heterocycles. The Kier molecular flexibility index (Phi) is 3.08. The maximum absolute atomic E-state index is 7.20. The molecular weight excluding hydrogens is 200 g/mol. The van der Waals surface area contributed by atoms with E-state index in [9.17, 15) is 0 Å². The van der Waals surface area contributed by atoms with Crippen LogP contribution in [-0.4, -0.2) is 24.4 Å². The molecule has 0 amide bonds. The van der Waals surface area contributed by atoms with Crippen molar-refractivity contribution in [2.24, 2.45) is 5.73 Å². The number of rotatable bonds is 4. The van der Waals surface area contributed by atoms with E-state index in [4.69, 9.17) is 11.1 Å². The van der Waals surface area contributed by atoms with E-state index in [2.05, 4.69) is 22.0 Å². The van der Waals surface area contributed by atoms with Gasteiger partial charge in [0.2, 0.25) is 0 Å². The summed E-state index contributed by atoms with van der Waals surface area (Å²) in [7, 11) is 1.99. The summed E-state index contributed by atoms with van der Waals surface area (Å²) in [5.41, 5.74) is 7.98. The Hall–Kier alpha value is -1.58. The molecule has 0 aromatic carbocycles. The molecule has 1 aromatic rings. The van der Waals surface area contributed by atoms with E-state index in [0.29, 0.717) is 6.42 Å². The predicted molar refractivity (Wildman–Crippen MR) is 66.1 cm³/mol. The molecule has 0 radical (unpaired) electrons. The number of nitrogens with one attached hydrogen (secondary N) is 1. The van der Waals surface area contributed by atoms with Crippen molar-refractivity contribution in [3.63, 3.8) is 0 Å². The van der Waals surface area contributed by atoms with Crippen LogP contribution in [0.4, 0.5) is 5.82 Å². The SMILES string of the molecule is CN(CCC(=N)N)c1ccc2c(n1)CCC2. The number of hydrogen-bond acceptors (Lipinski definition) is 3. The molecule has 0 atom stereocenters. The monoisotopic (exact) mass is 218 g/mol. The number of pyridine rings is 1. The average Bonchev–Trinajstić information content (AvgIpc) is 2.72. The third-order valence-electron chi connectivity index (χ3n) is 3.02. The van der Waals surface area contributed by atoms with Gasteiger partial charge in [-0.1, -0.05) is 6.07 Å². The summed E-state index contributed by atoms with van der Waals surface area (Å²) < 4.78 is 0. The van der Waals surface area contributed by atoms with Gasteiger partial charge in [-0.15, -0.1) is 0 Å². The first-order valence-corrected chi connectivity index (χ1v) is 5.69. The third-order valence-corrected chi connectivity index (χ3v) is 3.02. The molecule has 1 aliphatic carbocycles. The summed E-state index contributed by atoms with van der Waals surface area (Å²) in [4.78, 5) is 6.70. The van der Waals surface area contributed by atoms with E-state index in [-0.39, 0.29) is 5.84 Å². The zero-order chi connectivity index (χ0) is 11.5. The summed E-state index contributed by atoms with van der Waals surface area (Å²) in [5.74, 6) is 1.22. The molecule has 4 heteroatoms. The van der Waals surface area contributed by atoms with Crippen LogP contribution in [0, 0.1) is 5.41 Å². The van der Waals surface area contributed by atoms with Crippen molar-refractivity contribution in [3.05, 3.63) is 23.4 Å². The van der Waals surface area contributed by atoms with E-state index in [1.54, 1.807) is 0 Å². The van der Waals surface area contributed by atoms with Gasteiger partial charge in [0.1, 0.15) is 5.82 Å². The second-order valence-corrected chi connectivity index (χ2v) is 4.33. The fourth-order valence-electron chi connectivity index (χ4n) is 2.02. The molecule has 86 valence electrons. The van der Waals surface area contributed by atoms with E-state index in [0.717, 1.165) is 18.8 Å². The molecule has 1 heterocycles. The number of fused-ring (bicyclic) bond motifs is 1. The first kappa shape index (κ1) is 10.9. The quantitative estimate of drug-likeness (QED) is 0.592. The van der Waals surface area contributed by atoms with Crippen LogP contribution in [-0.2, 0) is 12.8 Å². The van der Waals surface area contributed by atoms with Gasteiger partial charge in [0, 0.05) is 25.7 Å². The van der Waals surface area contributed by atoms with Crippen molar-refractivity contribution in [1.29, 1.82) is 5.41 Å². The number of amidine groups is 1. The van der Waals surface area contributed by atoms with Gasteiger partial charge in [0.05, 0.1) is 5.84 Å². The first-order chi connectivity index (χ1) is 7.66. The maximum Gasteiger partial charge on any atom is 0.128 e. The number of nitrogens with two attached hydrogens (primary N) is 1. The zero-order valence-corrected chi connectivity index (χ0v) is 9.66. The highest BCUT2D eigenvalue weighted by Crippen LogP contribution is 2.22. The molecule has 4 nitrogen and oxygen atoms in total. The molecule has 1 aliphatic rings. The molecule has 0 aliphatic heterocycles. The van der Waals surface area contributed by atoms with Crippen LogP contribution >= 0.6 is 0 Å². The lowest BCUT2D eigenvalue weighted by molar-refractivity contribution is 0.871. The van der Waals surface area contributed by atoms with Gasteiger partial charge in [-0.3, -0.25) is 5.41 Å². The van der Waals surface area contributed by atoms with E-state index in [1.165, 1.54) is 24.1 Å². The maximum atomic E-state index is 7.20. The van der Waals surface area contributed by atoms with E-state index >= 15 is 0 Å². The number of aromatic nitrogens is 1. The fraction of sp³-hybridized carbons (Fsp3) is 0.500. The normalized spacial score (nSPS) is 13.6. The van der Waals surface area contributed by atoms with Gasteiger partial charge in [0.25, 0.3) is 0 Å². The minimum Gasteiger partial charge on any atom is -0.388 e. The number of aryl methyl sites for hydroxylation is 2. The van der Waals surface area contributed by atoms with Crippen LogP contribution in [0.1, 0.15) is 24.1 Å². The summed E-state index contributed by atoms with van der Waals surface area (Å²) in [6.07, 6.45) is 4.09. The van der Waals surface area contributed by atoms with Gasteiger partial charge in [-0.2, -0.15) is 0 Å². The van der Waals surface area contributed by atoms with Crippen molar-refractivity contribution in [2.75, 3.05) is 18.5 Å². The molecular formula is C12H18N4. The van der Waals surface area contributed by atoms with Gasteiger partial charge in [-0.25, -0.2) is 4.98 Å². The molecule has 2 rings (SSSR count). The third kappa shape index (κ3) is 2.32. The Morgan fingerprint density at radius 3 is 3.06 bits per heavy atom. The molecule has 0 saturated carbocycles. The first-order valence-electron chi connectivity index (χ1n) is 5.69. The Morgan fingerprint density at radius 2 is 2.31 bits per heavy atom. The van der Waals surface area contributed by atoms with Gasteiger partial charge in [-0.05, 0) is 30.9 Å². The largest absolute Gasteiger partial charge is 0.388 e. The van der Waals surface area contributed by atoms with Gasteiger partial charge < -0.3 is 10.6 Å². The van der Waals surface area contributed by atoms with Gasteiger partial charge >= 0.3 is 0 Å². The standard InChI is InChI=1S/C12H18N4/c1-16(8-7-11(13)14)12-6-5-9-3-2-4-10(9)15-12/h5-6H,2-4,7-8H2,1H3,(H3,13,14). The molecule has 0 saturated heterocycles. The van der Waals surface area contributed by atoms with Crippen molar-refractivity contribution in [3.8, 4) is 0 Å². The lowest BCUT2D eigenvalue weighted by Gasteiger charge is -2.18. The van der Waals surface area contributed by atoms with Crippen molar-refractivity contribution >= 4 is 11.7 Å². The molecule has 16 heavy (non-hydrogen) atoms. The predicted octanol–water partition coefficient (Wildman–Crippen LogP) is 1.33. The molecule has 0 bridgehead atoms. The fourth-order valence-corrected chi connectivity index (χ4v) is 2.02. The Morgan fingerprint density at radius 1 is 1.50 bits per heavy atom. The molecule has 3 N–H and O–H groups in total. The Bertz CT molecular complexity index is 400.